The Kier molecular flexibility index (Phi) is 9.16. The molecule has 3 aromatic carbocycles. The van der Waals surface area contributed by atoms with Crippen LogP contribution < -0.4 is 9.47 Å². The summed E-state index contributed by atoms with van der Waals surface area (Å²) in [6, 6.07) is 21.6. The molecule has 33 heavy (non-hydrogen) atoms. The fraction of sp³-hybridized carbons (Fsp3) is 0.222. The molecule has 0 fully saturated rings. The molecule has 2 atom stereocenters. The first-order chi connectivity index (χ1) is 16.0. The summed E-state index contributed by atoms with van der Waals surface area (Å²) >= 11 is 3.35. The number of methoxy groups -OCH3 is 1. The zero-order chi connectivity index (χ0) is 23.6. The average molecular weight is 511 g/mol. The zero-order valence-electron chi connectivity index (χ0n) is 18.3. The van der Waals surface area contributed by atoms with Gasteiger partial charge in [-0.2, -0.15) is 0 Å². The molecular weight excluding hydrogens is 484 g/mol. The fourth-order valence-corrected chi connectivity index (χ4v) is 3.64. The molecule has 0 amide bonds. The molecule has 0 saturated carbocycles. The van der Waals surface area contributed by atoms with Crippen molar-refractivity contribution >= 4 is 15.9 Å². The number of rotatable bonds is 10. The van der Waals surface area contributed by atoms with Crippen LogP contribution >= 0.6 is 15.9 Å². The summed E-state index contributed by atoms with van der Waals surface area (Å²) in [7, 11) is 1.60. The molecule has 5 nitrogen and oxygen atoms in total. The number of phenols is 1. The van der Waals surface area contributed by atoms with Crippen molar-refractivity contribution in [1.82, 2.24) is 0 Å². The van der Waals surface area contributed by atoms with Crippen LogP contribution in [0.15, 0.2) is 94.6 Å². The predicted molar refractivity (Wildman–Crippen MR) is 131 cm³/mol. The van der Waals surface area contributed by atoms with Crippen LogP contribution in [0.5, 0.6) is 17.2 Å². The summed E-state index contributed by atoms with van der Waals surface area (Å²) in [6.07, 6.45) is 0.629. The summed E-state index contributed by atoms with van der Waals surface area (Å²) in [5.41, 5.74) is 5.11. The molecule has 3 rings (SSSR count). The van der Waals surface area contributed by atoms with Gasteiger partial charge in [0.2, 0.25) is 0 Å². The standard InChI is InChI=1S/C27H27BrO5/c1-32-22-13-10-20(11-14-22)27(31)16-19(18-33-23-7-3-2-4-8-23)6-5-9-25(29)24-17-21(28)12-15-26(24)30/h2-5,7-8,10-15,17,25,27,29-31H,9,16,18H2,1H3/t6?,25-,27-/m1/s1. The Labute approximate surface area is 202 Å². The SMILES string of the molecule is COc1ccc([C@H](O)CC(=C=CC[C@@H](O)c2cc(Br)ccc2O)COc2ccccc2)cc1. The van der Waals surface area contributed by atoms with Gasteiger partial charge in [-0.05, 0) is 54.1 Å². The molecule has 0 heterocycles. The van der Waals surface area contributed by atoms with E-state index < -0.39 is 12.2 Å². The number of aliphatic hydroxyl groups excluding tert-OH is 2. The molecular formula is C27H27BrO5. The van der Waals surface area contributed by atoms with Crippen LogP contribution in [0.25, 0.3) is 0 Å². The number of phenolic OH excluding ortho intramolecular Hbond substituents is 1. The molecule has 0 aliphatic rings. The third kappa shape index (κ3) is 7.52. The number of halogens is 1. The van der Waals surface area contributed by atoms with Crippen molar-refractivity contribution in [3.63, 3.8) is 0 Å². The maximum absolute atomic E-state index is 10.7. The third-order valence-corrected chi connectivity index (χ3v) is 5.59. The van der Waals surface area contributed by atoms with Crippen molar-refractivity contribution in [3.05, 3.63) is 106 Å². The maximum atomic E-state index is 10.7. The summed E-state index contributed by atoms with van der Waals surface area (Å²) < 4.78 is 11.8. The molecule has 6 heteroatoms. The van der Waals surface area contributed by atoms with Crippen LogP contribution in [0.2, 0.25) is 0 Å². The van der Waals surface area contributed by atoms with Gasteiger partial charge < -0.3 is 24.8 Å². The molecule has 0 aliphatic heterocycles. The number of hydrogen-bond donors (Lipinski definition) is 3. The lowest BCUT2D eigenvalue weighted by atomic mass is 10.0. The lowest BCUT2D eigenvalue weighted by Crippen LogP contribution is -2.06. The predicted octanol–water partition coefficient (Wildman–Crippen LogP) is 5.87. The van der Waals surface area contributed by atoms with Crippen molar-refractivity contribution in [2.75, 3.05) is 13.7 Å². The van der Waals surface area contributed by atoms with Gasteiger partial charge in [-0.15, -0.1) is 5.73 Å². The van der Waals surface area contributed by atoms with E-state index in [2.05, 4.69) is 21.7 Å². The normalized spacial score (nSPS) is 12.4. The first kappa shape index (κ1) is 24.6. The summed E-state index contributed by atoms with van der Waals surface area (Å²) in [5, 5.41) is 31.3. The van der Waals surface area contributed by atoms with Gasteiger partial charge in [0.15, 0.2) is 0 Å². The molecule has 3 aromatic rings. The third-order valence-electron chi connectivity index (χ3n) is 5.09. The number of aliphatic hydroxyl groups is 2. The number of para-hydroxylation sites is 1. The minimum atomic E-state index is -0.891. The van der Waals surface area contributed by atoms with Crippen LogP contribution in [0.1, 0.15) is 36.2 Å². The average Bonchev–Trinajstić information content (AvgIpc) is 2.84. The lowest BCUT2D eigenvalue weighted by Gasteiger charge is -2.14. The Morgan fingerprint density at radius 3 is 2.39 bits per heavy atom. The van der Waals surface area contributed by atoms with E-state index in [4.69, 9.17) is 9.47 Å². The molecule has 0 aromatic heterocycles. The number of benzene rings is 3. The summed E-state index contributed by atoms with van der Waals surface area (Å²) in [5.74, 6) is 1.47. The molecule has 0 aliphatic carbocycles. The number of hydrogen-bond acceptors (Lipinski definition) is 5. The second-order valence-corrected chi connectivity index (χ2v) is 8.42. The summed E-state index contributed by atoms with van der Waals surface area (Å²) in [4.78, 5) is 0. The molecule has 0 spiro atoms. The molecule has 0 unspecified atom stereocenters. The van der Waals surface area contributed by atoms with Gasteiger partial charge in [0.25, 0.3) is 0 Å². The topological polar surface area (TPSA) is 79.2 Å². The van der Waals surface area contributed by atoms with Gasteiger partial charge in [0.05, 0.1) is 19.3 Å². The highest BCUT2D eigenvalue weighted by molar-refractivity contribution is 9.10. The molecule has 0 bridgehead atoms. The van der Waals surface area contributed by atoms with E-state index in [9.17, 15) is 15.3 Å². The quantitative estimate of drug-likeness (QED) is 0.297. The van der Waals surface area contributed by atoms with E-state index in [0.717, 1.165) is 27.1 Å². The number of aromatic hydroxyl groups is 1. The Hall–Kier alpha value is -3.02. The van der Waals surface area contributed by atoms with Crippen LogP contribution in [0.4, 0.5) is 0 Å². The highest BCUT2D eigenvalue weighted by atomic mass is 79.9. The van der Waals surface area contributed by atoms with E-state index >= 15 is 0 Å². The zero-order valence-corrected chi connectivity index (χ0v) is 19.9. The fourth-order valence-electron chi connectivity index (χ4n) is 3.26. The lowest BCUT2D eigenvalue weighted by molar-refractivity contribution is 0.173. The van der Waals surface area contributed by atoms with Gasteiger partial charge in [0, 0.05) is 28.5 Å². The smallest absolute Gasteiger partial charge is 0.121 e. The van der Waals surface area contributed by atoms with Gasteiger partial charge in [0.1, 0.15) is 23.9 Å². The van der Waals surface area contributed by atoms with Gasteiger partial charge >= 0.3 is 0 Å². The van der Waals surface area contributed by atoms with Crippen LogP contribution in [0, 0.1) is 0 Å². The second-order valence-electron chi connectivity index (χ2n) is 7.50. The van der Waals surface area contributed by atoms with Crippen LogP contribution in [-0.2, 0) is 0 Å². The first-order valence-electron chi connectivity index (χ1n) is 10.6. The first-order valence-corrected chi connectivity index (χ1v) is 11.3. The van der Waals surface area contributed by atoms with Gasteiger partial charge in [-0.1, -0.05) is 46.3 Å². The van der Waals surface area contributed by atoms with Gasteiger partial charge in [-0.3, -0.25) is 0 Å². The van der Waals surface area contributed by atoms with Gasteiger partial charge in [-0.25, -0.2) is 0 Å². The van der Waals surface area contributed by atoms with Crippen molar-refractivity contribution in [2.24, 2.45) is 0 Å². The van der Waals surface area contributed by atoms with Crippen LogP contribution in [-0.4, -0.2) is 29.0 Å². The minimum absolute atomic E-state index is 0.0330. The molecule has 172 valence electrons. The van der Waals surface area contributed by atoms with E-state index in [1.165, 1.54) is 6.07 Å². The Balaban J connectivity index is 1.75. The van der Waals surface area contributed by atoms with Crippen molar-refractivity contribution < 1.29 is 24.8 Å². The molecule has 0 saturated heterocycles. The van der Waals surface area contributed by atoms with Crippen molar-refractivity contribution in [1.29, 1.82) is 0 Å². The highest BCUT2D eigenvalue weighted by Crippen LogP contribution is 2.30. The Morgan fingerprint density at radius 1 is 0.970 bits per heavy atom. The van der Waals surface area contributed by atoms with E-state index in [-0.39, 0.29) is 18.8 Å². The van der Waals surface area contributed by atoms with Crippen molar-refractivity contribution in [3.8, 4) is 17.2 Å². The van der Waals surface area contributed by atoms with E-state index in [1.807, 2.05) is 42.5 Å². The highest BCUT2D eigenvalue weighted by Gasteiger charge is 2.13. The maximum Gasteiger partial charge on any atom is 0.121 e. The summed E-state index contributed by atoms with van der Waals surface area (Å²) in [6.45, 7) is 0.242. The Bertz CT molecular complexity index is 1090. The number of ether oxygens (including phenoxy) is 2. The molecule has 3 N–H and O–H groups in total. The van der Waals surface area contributed by atoms with Crippen LogP contribution in [0.3, 0.4) is 0 Å². The Morgan fingerprint density at radius 2 is 1.70 bits per heavy atom. The van der Waals surface area contributed by atoms with Crippen molar-refractivity contribution in [2.45, 2.75) is 25.0 Å². The monoisotopic (exact) mass is 510 g/mol. The largest absolute Gasteiger partial charge is 0.508 e. The van der Waals surface area contributed by atoms with E-state index in [0.29, 0.717) is 12.0 Å². The minimum Gasteiger partial charge on any atom is -0.508 e. The molecule has 0 radical (unpaired) electrons. The van der Waals surface area contributed by atoms with E-state index in [1.54, 1.807) is 37.5 Å². The second kappa shape index (κ2) is 12.3.